The highest BCUT2D eigenvalue weighted by Gasteiger charge is 2.19. The minimum absolute atomic E-state index is 0.0315. The van der Waals surface area contributed by atoms with E-state index in [1.165, 1.54) is 18.2 Å². The number of amides is 1. The van der Waals surface area contributed by atoms with Gasteiger partial charge in [-0.25, -0.2) is 8.42 Å². The van der Waals surface area contributed by atoms with Crippen LogP contribution in [0.1, 0.15) is 23.7 Å². The van der Waals surface area contributed by atoms with E-state index in [0.29, 0.717) is 25.5 Å². The molecule has 0 aromatic heterocycles. The van der Waals surface area contributed by atoms with Gasteiger partial charge < -0.3 is 20.1 Å². The standard InChI is InChI=1S/C20H25N3O5S/c1-2-11-28-19-8-7-17(14-18(19)20(21)24)29(25,26)22-15-3-5-16(6-4-15)23-9-12-27-13-10-23/h3-8,14,22H,2,9-13H2,1H3,(H2,21,24). The zero-order chi connectivity index (χ0) is 20.9. The van der Waals surface area contributed by atoms with Crippen LogP contribution in [0.25, 0.3) is 0 Å². The van der Waals surface area contributed by atoms with E-state index in [-0.39, 0.29) is 16.2 Å². The molecular weight excluding hydrogens is 394 g/mol. The van der Waals surface area contributed by atoms with Gasteiger partial charge in [0.15, 0.2) is 0 Å². The van der Waals surface area contributed by atoms with Crippen molar-refractivity contribution in [1.82, 2.24) is 0 Å². The molecule has 0 aliphatic carbocycles. The van der Waals surface area contributed by atoms with Gasteiger partial charge in [-0.15, -0.1) is 0 Å². The van der Waals surface area contributed by atoms with Crippen LogP contribution in [0.2, 0.25) is 0 Å². The number of benzene rings is 2. The minimum atomic E-state index is -3.89. The van der Waals surface area contributed by atoms with Gasteiger partial charge in [-0.2, -0.15) is 0 Å². The second kappa shape index (κ2) is 9.15. The Morgan fingerprint density at radius 2 is 1.86 bits per heavy atom. The monoisotopic (exact) mass is 419 g/mol. The molecule has 0 radical (unpaired) electrons. The number of nitrogens with two attached hydrogens (primary N) is 1. The van der Waals surface area contributed by atoms with E-state index in [0.717, 1.165) is 25.2 Å². The highest BCUT2D eigenvalue weighted by Crippen LogP contribution is 2.25. The van der Waals surface area contributed by atoms with Gasteiger partial charge in [0.1, 0.15) is 5.75 Å². The van der Waals surface area contributed by atoms with E-state index in [9.17, 15) is 13.2 Å². The van der Waals surface area contributed by atoms with Gasteiger partial charge in [0.2, 0.25) is 0 Å². The molecule has 0 unspecified atom stereocenters. The maximum atomic E-state index is 12.8. The fraction of sp³-hybridized carbons (Fsp3) is 0.350. The first-order valence-electron chi connectivity index (χ1n) is 9.43. The molecule has 1 aliphatic heterocycles. The molecule has 1 amide bonds. The Kier molecular flexibility index (Phi) is 6.60. The summed E-state index contributed by atoms with van der Waals surface area (Å²) in [6.07, 6.45) is 0.750. The van der Waals surface area contributed by atoms with Crippen LogP contribution in [0.4, 0.5) is 11.4 Å². The number of rotatable bonds is 8. The number of hydrogen-bond acceptors (Lipinski definition) is 6. The fourth-order valence-electron chi connectivity index (χ4n) is 2.98. The quantitative estimate of drug-likeness (QED) is 0.679. The normalized spacial score (nSPS) is 14.4. The lowest BCUT2D eigenvalue weighted by Crippen LogP contribution is -2.36. The molecule has 1 heterocycles. The van der Waals surface area contributed by atoms with Crippen LogP contribution >= 0.6 is 0 Å². The predicted octanol–water partition coefficient (Wildman–Crippen LogP) is 2.21. The highest BCUT2D eigenvalue weighted by molar-refractivity contribution is 7.92. The Morgan fingerprint density at radius 1 is 1.17 bits per heavy atom. The minimum Gasteiger partial charge on any atom is -0.493 e. The summed E-state index contributed by atoms with van der Waals surface area (Å²) in [4.78, 5) is 13.8. The van der Waals surface area contributed by atoms with Crippen molar-refractivity contribution in [1.29, 1.82) is 0 Å². The predicted molar refractivity (Wildman–Crippen MR) is 111 cm³/mol. The van der Waals surface area contributed by atoms with Gasteiger partial charge in [0, 0.05) is 24.5 Å². The van der Waals surface area contributed by atoms with E-state index >= 15 is 0 Å². The van der Waals surface area contributed by atoms with Crippen molar-refractivity contribution in [3.8, 4) is 5.75 Å². The molecule has 3 rings (SSSR count). The van der Waals surface area contributed by atoms with Crippen LogP contribution in [0.5, 0.6) is 5.75 Å². The molecule has 2 aromatic carbocycles. The summed E-state index contributed by atoms with van der Waals surface area (Å²) in [7, 11) is -3.89. The lowest BCUT2D eigenvalue weighted by atomic mass is 10.2. The maximum absolute atomic E-state index is 12.8. The molecule has 29 heavy (non-hydrogen) atoms. The third-order valence-electron chi connectivity index (χ3n) is 4.48. The van der Waals surface area contributed by atoms with Gasteiger partial charge in [0.05, 0.1) is 30.3 Å². The van der Waals surface area contributed by atoms with Crippen molar-refractivity contribution in [2.75, 3.05) is 42.5 Å². The van der Waals surface area contributed by atoms with Crippen LogP contribution in [0.3, 0.4) is 0 Å². The summed E-state index contributed by atoms with van der Waals surface area (Å²) in [5, 5.41) is 0. The second-order valence-electron chi connectivity index (χ2n) is 6.62. The Balaban J connectivity index is 1.78. The third kappa shape index (κ3) is 5.18. The largest absolute Gasteiger partial charge is 0.493 e. The number of nitrogens with one attached hydrogen (secondary N) is 1. The number of morpholine rings is 1. The smallest absolute Gasteiger partial charge is 0.261 e. The molecule has 0 spiro atoms. The van der Waals surface area contributed by atoms with Gasteiger partial charge in [-0.05, 0) is 48.9 Å². The lowest BCUT2D eigenvalue weighted by molar-refractivity contribution is 0.0996. The van der Waals surface area contributed by atoms with Crippen molar-refractivity contribution in [2.24, 2.45) is 5.73 Å². The fourth-order valence-corrected chi connectivity index (χ4v) is 4.07. The summed E-state index contributed by atoms with van der Waals surface area (Å²) >= 11 is 0. The van der Waals surface area contributed by atoms with Crippen molar-refractivity contribution in [2.45, 2.75) is 18.2 Å². The maximum Gasteiger partial charge on any atom is 0.261 e. The molecule has 0 atom stereocenters. The van der Waals surface area contributed by atoms with E-state index in [4.69, 9.17) is 15.2 Å². The summed E-state index contributed by atoms with van der Waals surface area (Å²) < 4.78 is 38.9. The molecule has 1 fully saturated rings. The van der Waals surface area contributed by atoms with E-state index < -0.39 is 15.9 Å². The van der Waals surface area contributed by atoms with E-state index in [1.807, 2.05) is 19.1 Å². The molecular formula is C20H25N3O5S. The number of ether oxygens (including phenoxy) is 2. The first-order chi connectivity index (χ1) is 13.9. The molecule has 156 valence electrons. The molecule has 0 saturated carbocycles. The van der Waals surface area contributed by atoms with Crippen molar-refractivity contribution < 1.29 is 22.7 Å². The Bertz CT molecular complexity index is 955. The van der Waals surface area contributed by atoms with Crippen molar-refractivity contribution in [3.05, 3.63) is 48.0 Å². The SMILES string of the molecule is CCCOc1ccc(S(=O)(=O)Nc2ccc(N3CCOCC3)cc2)cc1C(N)=O. The van der Waals surface area contributed by atoms with E-state index in [1.54, 1.807) is 12.1 Å². The number of nitrogens with zero attached hydrogens (tertiary/aromatic N) is 1. The van der Waals surface area contributed by atoms with Crippen LogP contribution < -0.4 is 20.1 Å². The molecule has 1 aliphatic rings. The lowest BCUT2D eigenvalue weighted by Gasteiger charge is -2.28. The number of hydrogen-bond donors (Lipinski definition) is 2. The van der Waals surface area contributed by atoms with Gasteiger partial charge in [0.25, 0.3) is 15.9 Å². The molecule has 0 bridgehead atoms. The summed E-state index contributed by atoms with van der Waals surface area (Å²) in [5.74, 6) is -0.476. The summed E-state index contributed by atoms with van der Waals surface area (Å²) in [5.41, 5.74) is 6.85. The molecule has 1 saturated heterocycles. The Hall–Kier alpha value is -2.78. The zero-order valence-corrected chi connectivity index (χ0v) is 17.1. The topological polar surface area (TPSA) is 111 Å². The van der Waals surface area contributed by atoms with Gasteiger partial charge >= 0.3 is 0 Å². The Morgan fingerprint density at radius 3 is 2.48 bits per heavy atom. The Labute approximate surface area is 170 Å². The van der Waals surface area contributed by atoms with Crippen LogP contribution in [0.15, 0.2) is 47.4 Å². The van der Waals surface area contributed by atoms with Gasteiger partial charge in [-0.3, -0.25) is 9.52 Å². The number of carbonyl (C=O) groups excluding carboxylic acids is 1. The average molecular weight is 420 g/mol. The molecule has 3 N–H and O–H groups in total. The number of carbonyl (C=O) groups is 1. The third-order valence-corrected chi connectivity index (χ3v) is 5.86. The summed E-state index contributed by atoms with van der Waals surface area (Å²) in [6, 6.07) is 11.2. The van der Waals surface area contributed by atoms with Crippen molar-refractivity contribution in [3.63, 3.8) is 0 Å². The molecule has 9 heteroatoms. The second-order valence-corrected chi connectivity index (χ2v) is 8.30. The first-order valence-corrected chi connectivity index (χ1v) is 10.9. The number of primary amides is 1. The zero-order valence-electron chi connectivity index (χ0n) is 16.3. The van der Waals surface area contributed by atoms with Crippen LogP contribution in [0, 0.1) is 0 Å². The average Bonchev–Trinajstić information content (AvgIpc) is 2.73. The van der Waals surface area contributed by atoms with Crippen LogP contribution in [-0.2, 0) is 14.8 Å². The van der Waals surface area contributed by atoms with E-state index in [2.05, 4.69) is 9.62 Å². The van der Waals surface area contributed by atoms with Gasteiger partial charge in [-0.1, -0.05) is 6.92 Å². The molecule has 8 nitrogen and oxygen atoms in total. The first kappa shape index (κ1) is 20.9. The summed E-state index contributed by atoms with van der Waals surface area (Å²) in [6.45, 7) is 5.28. The highest BCUT2D eigenvalue weighted by atomic mass is 32.2. The number of sulfonamides is 1. The number of anilines is 2. The van der Waals surface area contributed by atoms with Crippen molar-refractivity contribution >= 4 is 27.3 Å². The van der Waals surface area contributed by atoms with Crippen LogP contribution in [-0.4, -0.2) is 47.2 Å². The molecule has 2 aromatic rings.